The average molecular weight is 855 g/mol. The monoisotopic (exact) mass is 854 g/mol. The zero-order valence-corrected chi connectivity index (χ0v) is 30.7. The fourth-order valence-corrected chi connectivity index (χ4v) is 7.17. The lowest BCUT2D eigenvalue weighted by Gasteiger charge is -2.51. The number of carboxylic acids is 2. The van der Waals surface area contributed by atoms with E-state index in [9.17, 15) is 86.2 Å². The molecule has 338 valence electrons. The smallest absolute Gasteiger partial charge is 0.364 e. The number of carbonyl (C=O) groups is 2. The van der Waals surface area contributed by atoms with E-state index in [-0.39, 0.29) is 0 Å². The third-order valence-corrected chi connectivity index (χ3v) is 10.6. The van der Waals surface area contributed by atoms with Crippen LogP contribution in [-0.4, -0.2) is 256 Å². The van der Waals surface area contributed by atoms with Gasteiger partial charge in [0.15, 0.2) is 12.6 Å². The molecule has 4 aliphatic heterocycles. The Bertz CT molecular complexity index is 1350. The highest BCUT2D eigenvalue weighted by atomic mass is 16.8. The fraction of sp³-hybridized carbons (Fsp3) is 0.935. The van der Waals surface area contributed by atoms with Crippen LogP contribution in [0.4, 0.5) is 0 Å². The second-order valence-electron chi connectivity index (χ2n) is 14.4. The number of rotatable bonds is 17. The first-order chi connectivity index (χ1) is 27.2. The van der Waals surface area contributed by atoms with Crippen LogP contribution < -0.4 is 11.5 Å². The predicted octanol–water partition coefficient (Wildman–Crippen LogP) is -10.8. The lowest BCUT2D eigenvalue weighted by molar-refractivity contribution is -0.387. The van der Waals surface area contributed by atoms with Crippen molar-refractivity contribution in [3.8, 4) is 0 Å². The van der Waals surface area contributed by atoms with Crippen molar-refractivity contribution in [2.75, 3.05) is 33.5 Å². The molecule has 19 N–H and O–H groups in total. The molecule has 22 atom stereocenters. The first-order valence-corrected chi connectivity index (χ1v) is 17.9. The maximum absolute atomic E-state index is 12.9. The van der Waals surface area contributed by atoms with Crippen LogP contribution >= 0.6 is 0 Å². The van der Waals surface area contributed by atoms with E-state index in [0.29, 0.717) is 0 Å². The quantitative estimate of drug-likeness (QED) is 0.0646. The van der Waals surface area contributed by atoms with Crippen LogP contribution in [0.15, 0.2) is 0 Å². The van der Waals surface area contributed by atoms with Crippen molar-refractivity contribution < 1.29 is 124 Å². The minimum absolute atomic E-state index is 0.845. The highest BCUT2D eigenvalue weighted by molar-refractivity contribution is 5.76. The van der Waals surface area contributed by atoms with Crippen LogP contribution in [0, 0.1) is 0 Å². The van der Waals surface area contributed by atoms with Crippen molar-refractivity contribution in [2.45, 2.75) is 147 Å². The number of methoxy groups -OCH3 is 1. The molecule has 0 amide bonds. The Morgan fingerprint density at radius 1 is 0.690 bits per heavy atom. The summed E-state index contributed by atoms with van der Waals surface area (Å²) < 4.78 is 43.5. The topological polar surface area (TPSA) is 463 Å². The van der Waals surface area contributed by atoms with Gasteiger partial charge in [0.2, 0.25) is 0 Å². The molecule has 4 fully saturated rings. The van der Waals surface area contributed by atoms with E-state index < -0.39 is 185 Å². The molecule has 0 spiro atoms. The molecule has 27 heteroatoms. The van der Waals surface area contributed by atoms with Crippen LogP contribution in [0.1, 0.15) is 12.8 Å². The van der Waals surface area contributed by atoms with Gasteiger partial charge in [-0.3, -0.25) is 0 Å². The molecule has 0 aromatic carbocycles. The Labute approximate surface area is 327 Å². The normalized spacial score (nSPS) is 45.9. The molecule has 4 heterocycles. The van der Waals surface area contributed by atoms with Gasteiger partial charge >= 0.3 is 11.9 Å². The second-order valence-corrected chi connectivity index (χ2v) is 14.4. The molecule has 0 radical (unpaired) electrons. The molecule has 0 aromatic rings. The molecule has 58 heavy (non-hydrogen) atoms. The number of carboxylic acid groups (broad SMARTS) is 2. The van der Waals surface area contributed by atoms with Crippen LogP contribution in [0.25, 0.3) is 0 Å². The summed E-state index contributed by atoms with van der Waals surface area (Å²) in [5, 5.41) is 157. The van der Waals surface area contributed by atoms with Crippen LogP contribution in [0.3, 0.4) is 0 Å². The van der Waals surface area contributed by atoms with Crippen molar-refractivity contribution in [1.82, 2.24) is 0 Å². The zero-order chi connectivity index (χ0) is 43.6. The number of hydrogen-bond donors (Lipinski definition) is 17. The Hall–Kier alpha value is -1.98. The molecule has 4 aliphatic rings. The van der Waals surface area contributed by atoms with Crippen LogP contribution in [-0.2, 0) is 47.5 Å². The molecule has 4 saturated heterocycles. The van der Waals surface area contributed by atoms with Gasteiger partial charge in [0.25, 0.3) is 11.6 Å². The van der Waals surface area contributed by atoms with Gasteiger partial charge in [0, 0.05) is 20.0 Å². The van der Waals surface area contributed by atoms with E-state index in [4.69, 9.17) is 49.4 Å². The number of ether oxygens (including phenoxy) is 8. The van der Waals surface area contributed by atoms with Crippen molar-refractivity contribution in [1.29, 1.82) is 0 Å². The minimum atomic E-state index is -3.21. The molecule has 4 rings (SSSR count). The summed E-state index contributed by atoms with van der Waals surface area (Å²) >= 11 is 0. The van der Waals surface area contributed by atoms with Crippen molar-refractivity contribution in [3.05, 3.63) is 0 Å². The third-order valence-electron chi connectivity index (χ3n) is 10.6. The second kappa shape index (κ2) is 19.8. The Morgan fingerprint density at radius 3 is 1.71 bits per heavy atom. The SMILES string of the molecule is COC1OC(CO)C(OC2OC(CO)C(O)C(OC3(C(=O)O)CC(O)C(N)C([C@H](O)C(CO)OC4(C(=O)O)CC(O)C(N)C([C@H](O)[C@H](O)CO)O4)O3)C2O)C(O)C1O. The van der Waals surface area contributed by atoms with Crippen molar-refractivity contribution in [3.63, 3.8) is 0 Å². The maximum Gasteiger partial charge on any atom is 0.364 e. The van der Waals surface area contributed by atoms with Crippen LogP contribution in [0.5, 0.6) is 0 Å². The molecule has 0 bridgehead atoms. The molecular formula is C31H54N2O25. The summed E-state index contributed by atoms with van der Waals surface area (Å²) in [4.78, 5) is 25.5. The van der Waals surface area contributed by atoms with Crippen molar-refractivity contribution >= 4 is 11.9 Å². The van der Waals surface area contributed by atoms with E-state index >= 15 is 0 Å². The Morgan fingerprint density at radius 2 is 1.21 bits per heavy atom. The average Bonchev–Trinajstić information content (AvgIpc) is 3.19. The summed E-state index contributed by atoms with van der Waals surface area (Å²) in [5.41, 5.74) is 11.9. The van der Waals surface area contributed by atoms with Gasteiger partial charge in [-0.15, -0.1) is 0 Å². The van der Waals surface area contributed by atoms with E-state index in [0.717, 1.165) is 7.11 Å². The summed E-state index contributed by atoms with van der Waals surface area (Å²) in [6, 6.07) is -3.37. The molecule has 19 unspecified atom stereocenters. The van der Waals surface area contributed by atoms with Gasteiger partial charge in [-0.25, -0.2) is 9.59 Å². The lowest BCUT2D eigenvalue weighted by Crippen LogP contribution is -2.71. The Kier molecular flexibility index (Phi) is 16.6. The van der Waals surface area contributed by atoms with Crippen LogP contribution in [0.2, 0.25) is 0 Å². The third kappa shape index (κ3) is 9.56. The summed E-state index contributed by atoms with van der Waals surface area (Å²) in [6.07, 6.45) is -37.6. The van der Waals surface area contributed by atoms with E-state index in [2.05, 4.69) is 0 Å². The fourth-order valence-electron chi connectivity index (χ4n) is 7.17. The van der Waals surface area contributed by atoms with Gasteiger partial charge in [-0.2, -0.15) is 0 Å². The number of aliphatic hydroxyl groups is 13. The summed E-state index contributed by atoms with van der Waals surface area (Å²) in [7, 11) is 1.13. The first kappa shape index (κ1) is 48.7. The number of aliphatic carboxylic acids is 2. The predicted molar refractivity (Wildman–Crippen MR) is 177 cm³/mol. The highest BCUT2D eigenvalue weighted by Crippen LogP contribution is 2.40. The molecule has 0 aromatic heterocycles. The summed E-state index contributed by atoms with van der Waals surface area (Å²) in [6.45, 7) is -4.28. The van der Waals surface area contributed by atoms with Gasteiger partial charge in [-0.05, 0) is 0 Å². The molecule has 27 nitrogen and oxygen atoms in total. The number of hydrogen-bond acceptors (Lipinski definition) is 25. The van der Waals surface area contributed by atoms with E-state index in [1.54, 1.807) is 0 Å². The molecule has 0 aliphatic carbocycles. The zero-order valence-electron chi connectivity index (χ0n) is 30.7. The van der Waals surface area contributed by atoms with Gasteiger partial charge < -0.3 is 126 Å². The van der Waals surface area contributed by atoms with Crippen molar-refractivity contribution in [2.24, 2.45) is 11.5 Å². The largest absolute Gasteiger partial charge is 0.477 e. The van der Waals surface area contributed by atoms with E-state index in [1.807, 2.05) is 0 Å². The standard InChI is InChI=1S/C31H54N2O25/c1-51-26-20(45)19(44)22(13(7-37)53-26)54-27-21(46)25(17(42)11(5-35)52-27)58-31(29(49)50)3-9(39)15(33)24(57-31)18(43)12(6-36)55-30(28(47)48)2-8(38)14(32)23(56-30)16(41)10(40)4-34/h8-27,34-46H,2-7,32-33H2,1H3,(H,47,48)(H,49,50)/t8?,9?,10-,11?,12?,13?,14?,15?,16-,17?,18-,19?,20?,21?,22?,23?,24?,25?,26?,27?,30?,31?/m1/s1. The maximum atomic E-state index is 12.9. The number of nitrogens with two attached hydrogens (primary N) is 2. The first-order valence-electron chi connectivity index (χ1n) is 17.9. The minimum Gasteiger partial charge on any atom is -0.477 e. The summed E-state index contributed by atoms with van der Waals surface area (Å²) in [5.74, 6) is -10.4. The van der Waals surface area contributed by atoms with Gasteiger partial charge in [0.05, 0.1) is 50.7 Å². The lowest BCUT2D eigenvalue weighted by atomic mass is 9.87. The van der Waals surface area contributed by atoms with E-state index in [1.165, 1.54) is 0 Å². The van der Waals surface area contributed by atoms with Gasteiger partial charge in [0.1, 0.15) is 85.5 Å². The highest BCUT2D eigenvalue weighted by Gasteiger charge is 2.61. The van der Waals surface area contributed by atoms with Gasteiger partial charge in [-0.1, -0.05) is 0 Å². The number of aliphatic hydroxyl groups excluding tert-OH is 13. The Balaban J connectivity index is 1.63. The molecular weight excluding hydrogens is 800 g/mol. The molecule has 0 saturated carbocycles.